The van der Waals surface area contributed by atoms with Crippen LogP contribution in [-0.4, -0.2) is 39.5 Å². The van der Waals surface area contributed by atoms with Crippen LogP contribution in [0.2, 0.25) is 0 Å². The van der Waals surface area contributed by atoms with Gasteiger partial charge in [0.25, 0.3) is 5.91 Å². The quantitative estimate of drug-likeness (QED) is 0.736. The van der Waals surface area contributed by atoms with Crippen molar-refractivity contribution in [1.29, 1.82) is 0 Å². The third-order valence-corrected chi connectivity index (χ3v) is 4.53. The maximum Gasteiger partial charge on any atom is 0.274 e. The van der Waals surface area contributed by atoms with Crippen molar-refractivity contribution in [2.24, 2.45) is 0 Å². The molecule has 1 aromatic heterocycles. The monoisotopic (exact) mass is 334 g/mol. The summed E-state index contributed by atoms with van der Waals surface area (Å²) in [4.78, 5) is 14.9. The second-order valence-corrected chi connectivity index (χ2v) is 5.95. The van der Waals surface area contributed by atoms with Crippen LogP contribution in [0.15, 0.2) is 60.8 Å². The largest absolute Gasteiger partial charge is 0.497 e. The summed E-state index contributed by atoms with van der Waals surface area (Å²) in [5, 5.41) is 8.00. The van der Waals surface area contributed by atoms with Crippen LogP contribution in [0.4, 0.5) is 0 Å². The average molecular weight is 334 g/mol. The van der Waals surface area contributed by atoms with Crippen molar-refractivity contribution in [3.63, 3.8) is 0 Å². The van der Waals surface area contributed by atoms with Gasteiger partial charge < -0.3 is 9.64 Å². The lowest BCUT2D eigenvalue weighted by Crippen LogP contribution is -2.45. The second kappa shape index (κ2) is 6.39. The lowest BCUT2D eigenvalue weighted by molar-refractivity contribution is 0.0450. The summed E-state index contributed by atoms with van der Waals surface area (Å²) in [6.45, 7) is 0.723. The van der Waals surface area contributed by atoms with Crippen molar-refractivity contribution in [3.05, 3.63) is 72.1 Å². The Morgan fingerprint density at radius 1 is 1.16 bits per heavy atom. The normalized spacial score (nSPS) is 16.4. The van der Waals surface area contributed by atoms with E-state index in [0.29, 0.717) is 5.69 Å². The van der Waals surface area contributed by atoms with E-state index < -0.39 is 0 Å². The highest BCUT2D eigenvalue weighted by atomic mass is 16.5. The van der Waals surface area contributed by atoms with Gasteiger partial charge in [0.2, 0.25) is 0 Å². The van der Waals surface area contributed by atoms with E-state index in [-0.39, 0.29) is 11.9 Å². The number of amides is 1. The summed E-state index contributed by atoms with van der Waals surface area (Å²) >= 11 is 0. The van der Waals surface area contributed by atoms with Crippen LogP contribution >= 0.6 is 0 Å². The third-order valence-electron chi connectivity index (χ3n) is 4.53. The number of aromatic nitrogens is 3. The first-order valence-electron chi connectivity index (χ1n) is 8.19. The highest BCUT2D eigenvalue weighted by molar-refractivity contribution is 5.93. The maximum absolute atomic E-state index is 13.0. The van der Waals surface area contributed by atoms with Gasteiger partial charge in [-0.25, -0.2) is 4.68 Å². The maximum atomic E-state index is 13.0. The fourth-order valence-corrected chi connectivity index (χ4v) is 3.11. The molecule has 1 amide bonds. The standard InChI is InChI=1S/C19H18N4O2/c1-25-16-9-5-6-14(12-16)17-10-11-22(17)19(24)18-13-20-21-23(18)15-7-3-2-4-8-15/h2-9,12-13,17H,10-11H2,1H3/t17-/m1/s1. The molecule has 6 heteroatoms. The van der Waals surface area contributed by atoms with Crippen LogP contribution in [0.5, 0.6) is 5.75 Å². The number of hydrogen-bond acceptors (Lipinski definition) is 4. The molecule has 1 saturated heterocycles. The minimum atomic E-state index is -0.0621. The summed E-state index contributed by atoms with van der Waals surface area (Å²) in [6, 6.07) is 17.5. The molecule has 126 valence electrons. The Balaban J connectivity index is 1.61. The van der Waals surface area contributed by atoms with Crippen molar-refractivity contribution < 1.29 is 9.53 Å². The SMILES string of the molecule is COc1cccc([C@H]2CCN2C(=O)c2cnnn2-c2ccccc2)c1. The lowest BCUT2D eigenvalue weighted by Gasteiger charge is -2.41. The Morgan fingerprint density at radius 3 is 2.72 bits per heavy atom. The first-order valence-corrected chi connectivity index (χ1v) is 8.19. The molecule has 0 radical (unpaired) electrons. The molecule has 6 nitrogen and oxygen atoms in total. The Morgan fingerprint density at radius 2 is 2.00 bits per heavy atom. The zero-order chi connectivity index (χ0) is 17.2. The van der Waals surface area contributed by atoms with E-state index in [4.69, 9.17) is 4.74 Å². The van der Waals surface area contributed by atoms with Crippen molar-refractivity contribution in [1.82, 2.24) is 19.9 Å². The minimum absolute atomic E-state index is 0.0572. The molecule has 2 heterocycles. The Hall–Kier alpha value is -3.15. The van der Waals surface area contributed by atoms with Crippen LogP contribution in [0, 0.1) is 0 Å². The fraction of sp³-hybridized carbons (Fsp3) is 0.211. The van der Waals surface area contributed by atoms with E-state index >= 15 is 0 Å². The Kier molecular flexibility index (Phi) is 3.93. The lowest BCUT2D eigenvalue weighted by atomic mass is 9.94. The van der Waals surface area contributed by atoms with Gasteiger partial charge in [-0.15, -0.1) is 5.10 Å². The van der Waals surface area contributed by atoms with Crippen molar-refractivity contribution >= 4 is 5.91 Å². The molecule has 0 aliphatic carbocycles. The third kappa shape index (κ3) is 2.76. The van der Waals surface area contributed by atoms with Gasteiger partial charge in [0.05, 0.1) is 25.0 Å². The van der Waals surface area contributed by atoms with Gasteiger partial charge in [0.1, 0.15) is 5.75 Å². The molecular formula is C19H18N4O2. The predicted octanol–water partition coefficient (Wildman–Crippen LogP) is 2.86. The highest BCUT2D eigenvalue weighted by Crippen LogP contribution is 2.35. The molecule has 1 fully saturated rings. The fourth-order valence-electron chi connectivity index (χ4n) is 3.11. The summed E-state index contributed by atoms with van der Waals surface area (Å²) in [5.74, 6) is 0.737. The van der Waals surface area contributed by atoms with E-state index in [0.717, 1.165) is 30.0 Å². The topological polar surface area (TPSA) is 60.2 Å². The van der Waals surface area contributed by atoms with E-state index in [9.17, 15) is 4.79 Å². The molecule has 0 N–H and O–H groups in total. The smallest absolute Gasteiger partial charge is 0.274 e. The number of carbonyl (C=O) groups excluding carboxylic acids is 1. The first kappa shape index (κ1) is 15.4. The Bertz CT molecular complexity index is 891. The van der Waals surface area contributed by atoms with Crippen LogP contribution in [0.1, 0.15) is 28.5 Å². The number of methoxy groups -OCH3 is 1. The molecule has 3 aromatic rings. The molecule has 1 aliphatic heterocycles. The van der Waals surface area contributed by atoms with Gasteiger partial charge in [0, 0.05) is 6.54 Å². The number of para-hydroxylation sites is 1. The van der Waals surface area contributed by atoms with Crippen LogP contribution in [-0.2, 0) is 0 Å². The number of likely N-dealkylation sites (tertiary alicyclic amines) is 1. The average Bonchev–Trinajstić information content (AvgIpc) is 3.11. The highest BCUT2D eigenvalue weighted by Gasteiger charge is 2.35. The summed E-state index contributed by atoms with van der Waals surface area (Å²) in [5.41, 5.74) is 2.37. The number of ether oxygens (including phenoxy) is 1. The van der Waals surface area contributed by atoms with Gasteiger partial charge in [-0.1, -0.05) is 35.5 Å². The number of benzene rings is 2. The molecule has 1 atom stereocenters. The molecular weight excluding hydrogens is 316 g/mol. The van der Waals surface area contributed by atoms with Gasteiger partial charge >= 0.3 is 0 Å². The number of carbonyl (C=O) groups is 1. The molecule has 25 heavy (non-hydrogen) atoms. The number of rotatable bonds is 4. The molecule has 0 spiro atoms. The number of nitrogens with zero attached hydrogens (tertiary/aromatic N) is 4. The molecule has 1 aliphatic rings. The van der Waals surface area contributed by atoms with E-state index in [1.54, 1.807) is 11.8 Å². The molecule has 2 aromatic carbocycles. The van der Waals surface area contributed by atoms with Gasteiger partial charge in [0.15, 0.2) is 5.69 Å². The summed E-state index contributed by atoms with van der Waals surface area (Å²) in [6.07, 6.45) is 2.46. The van der Waals surface area contributed by atoms with Gasteiger partial charge in [-0.05, 0) is 36.2 Å². The van der Waals surface area contributed by atoms with E-state index in [1.165, 1.54) is 6.20 Å². The molecule has 0 bridgehead atoms. The Labute approximate surface area is 145 Å². The van der Waals surface area contributed by atoms with Crippen molar-refractivity contribution in [2.45, 2.75) is 12.5 Å². The summed E-state index contributed by atoms with van der Waals surface area (Å²) < 4.78 is 6.88. The first-order chi connectivity index (χ1) is 12.3. The van der Waals surface area contributed by atoms with Crippen LogP contribution in [0.3, 0.4) is 0 Å². The van der Waals surface area contributed by atoms with Crippen LogP contribution < -0.4 is 4.74 Å². The second-order valence-electron chi connectivity index (χ2n) is 5.95. The summed E-state index contributed by atoms with van der Waals surface area (Å²) in [7, 11) is 1.65. The minimum Gasteiger partial charge on any atom is -0.497 e. The van der Waals surface area contributed by atoms with Gasteiger partial charge in [-0.2, -0.15) is 0 Å². The van der Waals surface area contributed by atoms with Crippen LogP contribution in [0.25, 0.3) is 5.69 Å². The van der Waals surface area contributed by atoms with Gasteiger partial charge in [-0.3, -0.25) is 4.79 Å². The molecule has 0 saturated carbocycles. The number of hydrogen-bond donors (Lipinski definition) is 0. The predicted molar refractivity (Wildman–Crippen MR) is 92.7 cm³/mol. The van der Waals surface area contributed by atoms with Crippen molar-refractivity contribution in [2.75, 3.05) is 13.7 Å². The zero-order valence-electron chi connectivity index (χ0n) is 13.9. The van der Waals surface area contributed by atoms with E-state index in [1.807, 2.05) is 59.5 Å². The molecule has 4 rings (SSSR count). The van der Waals surface area contributed by atoms with Crippen molar-refractivity contribution in [3.8, 4) is 11.4 Å². The van der Waals surface area contributed by atoms with E-state index in [2.05, 4.69) is 10.3 Å². The zero-order valence-corrected chi connectivity index (χ0v) is 13.9. The molecule has 0 unspecified atom stereocenters.